The smallest absolute Gasteiger partial charge is 0.254 e. The highest BCUT2D eigenvalue weighted by Gasteiger charge is 1.98. The number of nitrogen functional groups attached to an aromatic ring is 1. The maximum atomic E-state index is 10.9. The first kappa shape index (κ1) is 8.58. The molecule has 0 radical (unpaired) electrons. The van der Waals surface area contributed by atoms with Crippen LogP contribution in [0.15, 0.2) is 10.9 Å². The fourth-order valence-electron chi connectivity index (χ4n) is 0.818. The Hall–Kier alpha value is -1.52. The molecule has 0 aliphatic rings. The van der Waals surface area contributed by atoms with Crippen molar-refractivity contribution in [2.45, 2.75) is 19.9 Å². The molecule has 0 aliphatic carbocycles. The van der Waals surface area contributed by atoms with E-state index in [0.717, 1.165) is 0 Å². The third kappa shape index (κ3) is 2.26. The summed E-state index contributed by atoms with van der Waals surface area (Å²) in [5.41, 5.74) is 5.12. The maximum absolute atomic E-state index is 10.9. The van der Waals surface area contributed by atoms with Crippen molar-refractivity contribution in [3.63, 3.8) is 0 Å². The molecule has 0 saturated heterocycles. The van der Waals surface area contributed by atoms with Gasteiger partial charge in [0.25, 0.3) is 5.56 Å². The molecule has 0 amide bonds. The molecule has 1 rings (SSSR count). The Morgan fingerprint density at radius 2 is 2.33 bits per heavy atom. The van der Waals surface area contributed by atoms with Gasteiger partial charge in [0, 0.05) is 12.1 Å². The van der Waals surface area contributed by atoms with Crippen molar-refractivity contribution in [1.82, 2.24) is 9.97 Å². The zero-order valence-corrected chi connectivity index (χ0v) is 7.09. The molecule has 1 heterocycles. The molecule has 0 aromatic carbocycles. The molecule has 5 nitrogen and oxygen atoms in total. The van der Waals surface area contributed by atoms with Gasteiger partial charge < -0.3 is 11.1 Å². The molecule has 12 heavy (non-hydrogen) atoms. The number of H-pyrrole nitrogens is 1. The second kappa shape index (κ2) is 3.25. The number of hydrogen-bond donors (Lipinski definition) is 3. The van der Waals surface area contributed by atoms with Gasteiger partial charge >= 0.3 is 0 Å². The van der Waals surface area contributed by atoms with Gasteiger partial charge in [-0.05, 0) is 13.8 Å². The molecule has 0 bridgehead atoms. The van der Waals surface area contributed by atoms with Crippen LogP contribution < -0.4 is 16.6 Å². The molecule has 0 unspecified atom stereocenters. The van der Waals surface area contributed by atoms with Crippen molar-refractivity contribution >= 4 is 11.8 Å². The van der Waals surface area contributed by atoms with Crippen molar-refractivity contribution in [2.75, 3.05) is 11.1 Å². The van der Waals surface area contributed by atoms with Gasteiger partial charge in [-0.15, -0.1) is 0 Å². The summed E-state index contributed by atoms with van der Waals surface area (Å²) >= 11 is 0. The predicted molar refractivity (Wildman–Crippen MR) is 48.0 cm³/mol. The van der Waals surface area contributed by atoms with Gasteiger partial charge in [-0.1, -0.05) is 0 Å². The Morgan fingerprint density at radius 1 is 1.67 bits per heavy atom. The van der Waals surface area contributed by atoms with Crippen LogP contribution in [0.2, 0.25) is 0 Å². The second-order valence-corrected chi connectivity index (χ2v) is 2.82. The minimum Gasteiger partial charge on any atom is -0.383 e. The number of aromatic nitrogens is 2. The summed E-state index contributed by atoms with van der Waals surface area (Å²) in [7, 11) is 0. The van der Waals surface area contributed by atoms with E-state index in [-0.39, 0.29) is 17.4 Å². The van der Waals surface area contributed by atoms with Crippen molar-refractivity contribution in [1.29, 1.82) is 0 Å². The Morgan fingerprint density at radius 3 is 2.83 bits per heavy atom. The zero-order chi connectivity index (χ0) is 9.14. The fraction of sp³-hybridized carbons (Fsp3) is 0.429. The van der Waals surface area contributed by atoms with Gasteiger partial charge in [0.15, 0.2) is 0 Å². The predicted octanol–water partition coefficient (Wildman–Crippen LogP) is 0.172. The van der Waals surface area contributed by atoms with Crippen LogP contribution in [0.5, 0.6) is 0 Å². The lowest BCUT2D eigenvalue weighted by atomic mass is 10.4. The number of nitrogens with one attached hydrogen (secondary N) is 2. The Balaban J connectivity index is 2.93. The van der Waals surface area contributed by atoms with Crippen molar-refractivity contribution < 1.29 is 0 Å². The summed E-state index contributed by atoms with van der Waals surface area (Å²) in [5, 5.41) is 2.94. The zero-order valence-electron chi connectivity index (χ0n) is 7.09. The third-order valence-electron chi connectivity index (χ3n) is 1.19. The van der Waals surface area contributed by atoms with E-state index in [9.17, 15) is 4.79 Å². The lowest BCUT2D eigenvalue weighted by Gasteiger charge is -2.07. The minimum absolute atomic E-state index is 0.218. The van der Waals surface area contributed by atoms with Crippen LogP contribution in [0.1, 0.15) is 13.8 Å². The fourth-order valence-corrected chi connectivity index (χ4v) is 0.818. The van der Waals surface area contributed by atoms with Crippen LogP contribution in [0, 0.1) is 0 Å². The SMILES string of the molecule is CC(C)Nc1nc(N)cc(=O)[nH]1. The van der Waals surface area contributed by atoms with E-state index in [1.165, 1.54) is 6.07 Å². The van der Waals surface area contributed by atoms with E-state index in [2.05, 4.69) is 15.3 Å². The van der Waals surface area contributed by atoms with Crippen LogP contribution in [0.3, 0.4) is 0 Å². The molecule has 0 aliphatic heterocycles. The summed E-state index contributed by atoms with van der Waals surface area (Å²) in [6, 6.07) is 1.46. The highest BCUT2D eigenvalue weighted by atomic mass is 16.1. The highest BCUT2D eigenvalue weighted by molar-refractivity contribution is 5.35. The van der Waals surface area contributed by atoms with Crippen LogP contribution >= 0.6 is 0 Å². The lowest BCUT2D eigenvalue weighted by Crippen LogP contribution is -2.17. The van der Waals surface area contributed by atoms with Crippen LogP contribution in [-0.2, 0) is 0 Å². The van der Waals surface area contributed by atoms with Gasteiger partial charge in [0.05, 0.1) is 0 Å². The Bertz CT molecular complexity index is 317. The van der Waals surface area contributed by atoms with Crippen LogP contribution in [0.4, 0.5) is 11.8 Å². The molecular formula is C7H12N4O. The normalized spacial score (nSPS) is 10.2. The molecule has 0 spiro atoms. The maximum Gasteiger partial charge on any atom is 0.254 e. The Kier molecular flexibility index (Phi) is 2.32. The molecule has 5 heteroatoms. The number of nitrogens with zero attached hydrogens (tertiary/aromatic N) is 1. The number of rotatable bonds is 2. The van der Waals surface area contributed by atoms with E-state index < -0.39 is 0 Å². The molecule has 1 aromatic heterocycles. The van der Waals surface area contributed by atoms with Crippen molar-refractivity contribution in [2.24, 2.45) is 0 Å². The summed E-state index contributed by atoms with van der Waals surface area (Å²) in [6.45, 7) is 3.90. The first-order valence-corrected chi connectivity index (χ1v) is 3.71. The van der Waals surface area contributed by atoms with Crippen LogP contribution in [0.25, 0.3) is 0 Å². The number of hydrogen-bond acceptors (Lipinski definition) is 4. The topological polar surface area (TPSA) is 83.8 Å². The third-order valence-corrected chi connectivity index (χ3v) is 1.19. The molecular weight excluding hydrogens is 156 g/mol. The summed E-state index contributed by atoms with van der Waals surface area (Å²) < 4.78 is 0. The summed E-state index contributed by atoms with van der Waals surface area (Å²) in [4.78, 5) is 17.3. The van der Waals surface area contributed by atoms with E-state index in [4.69, 9.17) is 5.73 Å². The first-order chi connectivity index (χ1) is 5.58. The molecule has 0 fully saturated rings. The lowest BCUT2D eigenvalue weighted by molar-refractivity contribution is 0.872. The molecule has 0 atom stereocenters. The minimum atomic E-state index is -0.245. The number of aromatic amines is 1. The standard InChI is InChI=1S/C7H12N4O/c1-4(2)9-7-10-5(8)3-6(12)11-7/h3-4H,1-2H3,(H4,8,9,10,11,12). The Labute approximate surface area is 70.0 Å². The molecule has 0 saturated carbocycles. The van der Waals surface area contributed by atoms with Gasteiger partial charge in [-0.3, -0.25) is 9.78 Å². The monoisotopic (exact) mass is 168 g/mol. The van der Waals surface area contributed by atoms with E-state index in [1.807, 2.05) is 13.8 Å². The quantitative estimate of drug-likeness (QED) is 0.587. The van der Waals surface area contributed by atoms with E-state index in [1.54, 1.807) is 0 Å². The van der Waals surface area contributed by atoms with Gasteiger partial charge in [-0.2, -0.15) is 4.98 Å². The van der Waals surface area contributed by atoms with Crippen molar-refractivity contribution in [3.05, 3.63) is 16.4 Å². The van der Waals surface area contributed by atoms with Gasteiger partial charge in [0.1, 0.15) is 5.82 Å². The number of nitrogens with two attached hydrogens (primary N) is 1. The summed E-state index contributed by atoms with van der Waals surface area (Å²) in [6.07, 6.45) is 0. The highest BCUT2D eigenvalue weighted by Crippen LogP contribution is 1.99. The largest absolute Gasteiger partial charge is 0.383 e. The second-order valence-electron chi connectivity index (χ2n) is 2.82. The van der Waals surface area contributed by atoms with E-state index in [0.29, 0.717) is 5.95 Å². The van der Waals surface area contributed by atoms with Gasteiger partial charge in [-0.25, -0.2) is 0 Å². The molecule has 66 valence electrons. The number of anilines is 2. The van der Waals surface area contributed by atoms with E-state index >= 15 is 0 Å². The molecule has 1 aromatic rings. The average molecular weight is 168 g/mol. The summed E-state index contributed by atoms with van der Waals surface area (Å²) in [5.74, 6) is 0.636. The molecule has 4 N–H and O–H groups in total. The van der Waals surface area contributed by atoms with Gasteiger partial charge in [0.2, 0.25) is 5.95 Å². The average Bonchev–Trinajstić information content (AvgIpc) is 1.81. The van der Waals surface area contributed by atoms with Crippen LogP contribution in [-0.4, -0.2) is 16.0 Å². The van der Waals surface area contributed by atoms with Crippen molar-refractivity contribution in [3.8, 4) is 0 Å². The first-order valence-electron chi connectivity index (χ1n) is 3.71.